The summed E-state index contributed by atoms with van der Waals surface area (Å²) in [5.41, 5.74) is 1.83. The molecule has 0 aliphatic carbocycles. The van der Waals surface area contributed by atoms with Crippen molar-refractivity contribution in [3.63, 3.8) is 0 Å². The van der Waals surface area contributed by atoms with Crippen LogP contribution in [0.3, 0.4) is 0 Å². The summed E-state index contributed by atoms with van der Waals surface area (Å²) in [5.74, 6) is 0.781. The molecule has 0 N–H and O–H groups in total. The fourth-order valence-electron chi connectivity index (χ4n) is 2.29. The van der Waals surface area contributed by atoms with Crippen molar-refractivity contribution >= 4 is 21.8 Å². The maximum Gasteiger partial charge on any atom is 0.254 e. The van der Waals surface area contributed by atoms with Gasteiger partial charge in [-0.25, -0.2) is 0 Å². The summed E-state index contributed by atoms with van der Waals surface area (Å²) in [4.78, 5) is 18.1. The Labute approximate surface area is 131 Å². The van der Waals surface area contributed by atoms with E-state index in [-0.39, 0.29) is 12.0 Å². The number of amides is 1. The molecular formula is C16H15BrN2O2. The molecule has 21 heavy (non-hydrogen) atoms. The number of rotatable bonds is 3. The molecule has 5 heteroatoms. The maximum absolute atomic E-state index is 12.3. The van der Waals surface area contributed by atoms with Gasteiger partial charge in [-0.1, -0.05) is 17.7 Å². The van der Waals surface area contributed by atoms with Crippen LogP contribution in [-0.4, -0.2) is 35.0 Å². The van der Waals surface area contributed by atoms with Gasteiger partial charge in [-0.3, -0.25) is 9.78 Å². The van der Waals surface area contributed by atoms with Crippen molar-refractivity contribution in [1.29, 1.82) is 0 Å². The third kappa shape index (κ3) is 3.24. The summed E-state index contributed by atoms with van der Waals surface area (Å²) < 4.78 is 6.67. The van der Waals surface area contributed by atoms with Gasteiger partial charge in [0.2, 0.25) is 0 Å². The summed E-state index contributed by atoms with van der Waals surface area (Å²) in [5, 5.41) is 0. The molecule has 0 bridgehead atoms. The van der Waals surface area contributed by atoms with E-state index in [1.807, 2.05) is 37.3 Å². The molecule has 0 atom stereocenters. The lowest BCUT2D eigenvalue weighted by molar-refractivity contribution is 0.0176. The first-order chi connectivity index (χ1) is 10.1. The highest BCUT2D eigenvalue weighted by atomic mass is 79.9. The second kappa shape index (κ2) is 5.85. The van der Waals surface area contributed by atoms with Crippen LogP contribution in [0.4, 0.5) is 0 Å². The number of likely N-dealkylation sites (tertiary alicyclic amines) is 1. The van der Waals surface area contributed by atoms with Gasteiger partial charge in [-0.2, -0.15) is 0 Å². The van der Waals surface area contributed by atoms with Crippen LogP contribution >= 0.6 is 15.9 Å². The molecular weight excluding hydrogens is 332 g/mol. The van der Waals surface area contributed by atoms with Crippen molar-refractivity contribution in [3.05, 3.63) is 58.3 Å². The van der Waals surface area contributed by atoms with Gasteiger partial charge in [0.05, 0.1) is 19.3 Å². The molecule has 0 spiro atoms. The smallest absolute Gasteiger partial charge is 0.254 e. The minimum absolute atomic E-state index is 0.0369. The van der Waals surface area contributed by atoms with Gasteiger partial charge in [-0.05, 0) is 41.1 Å². The summed E-state index contributed by atoms with van der Waals surface area (Å²) in [6.07, 6.45) is 3.42. The molecule has 3 rings (SSSR count). The second-order valence-electron chi connectivity index (χ2n) is 5.16. The number of carbonyl (C=O) groups excluding carboxylic acids is 1. The van der Waals surface area contributed by atoms with Crippen LogP contribution in [0.1, 0.15) is 15.9 Å². The lowest BCUT2D eigenvalue weighted by Gasteiger charge is -2.39. The Bertz CT molecular complexity index is 669. The van der Waals surface area contributed by atoms with Gasteiger partial charge in [0, 0.05) is 16.2 Å². The molecule has 1 amide bonds. The minimum Gasteiger partial charge on any atom is -0.485 e. The summed E-state index contributed by atoms with van der Waals surface area (Å²) >= 11 is 3.36. The Hall–Kier alpha value is -1.88. The molecule has 1 fully saturated rings. The van der Waals surface area contributed by atoms with Crippen molar-refractivity contribution in [3.8, 4) is 5.75 Å². The summed E-state index contributed by atoms with van der Waals surface area (Å²) in [6, 6.07) is 9.52. The Morgan fingerprint density at radius 2 is 2.14 bits per heavy atom. The molecule has 2 heterocycles. The zero-order valence-corrected chi connectivity index (χ0v) is 13.2. The molecule has 0 saturated carbocycles. The Balaban J connectivity index is 1.57. The molecule has 1 aromatic carbocycles. The van der Waals surface area contributed by atoms with Crippen molar-refractivity contribution in [2.24, 2.45) is 0 Å². The number of carbonyl (C=O) groups is 1. The molecule has 108 valence electrons. The van der Waals surface area contributed by atoms with Gasteiger partial charge >= 0.3 is 0 Å². The molecule has 4 nitrogen and oxygen atoms in total. The zero-order chi connectivity index (χ0) is 14.8. The molecule has 1 saturated heterocycles. The zero-order valence-electron chi connectivity index (χ0n) is 11.6. The lowest BCUT2D eigenvalue weighted by atomic mass is 10.1. The van der Waals surface area contributed by atoms with Crippen LogP contribution in [0.25, 0.3) is 0 Å². The van der Waals surface area contributed by atoms with E-state index >= 15 is 0 Å². The van der Waals surface area contributed by atoms with E-state index in [0.29, 0.717) is 13.1 Å². The SMILES string of the molecule is Cc1cccc(C(=O)N2CC(Oc3cncc(Br)c3)C2)c1. The first-order valence-electron chi connectivity index (χ1n) is 6.75. The number of halogens is 1. The Kier molecular flexibility index (Phi) is 3.92. The Morgan fingerprint density at radius 3 is 2.86 bits per heavy atom. The van der Waals surface area contributed by atoms with Crippen LogP contribution in [0.5, 0.6) is 5.75 Å². The topological polar surface area (TPSA) is 42.4 Å². The third-order valence-corrected chi connectivity index (χ3v) is 3.82. The molecule has 1 aromatic heterocycles. The number of ether oxygens (including phenoxy) is 1. The van der Waals surface area contributed by atoms with Crippen LogP contribution in [0.15, 0.2) is 47.2 Å². The first kappa shape index (κ1) is 14.1. The van der Waals surface area contributed by atoms with Gasteiger partial charge in [-0.15, -0.1) is 0 Å². The number of aromatic nitrogens is 1. The van der Waals surface area contributed by atoms with E-state index in [4.69, 9.17) is 4.74 Å². The van der Waals surface area contributed by atoms with Crippen molar-refractivity contribution in [2.75, 3.05) is 13.1 Å². The van der Waals surface area contributed by atoms with Crippen molar-refractivity contribution < 1.29 is 9.53 Å². The highest BCUT2D eigenvalue weighted by Gasteiger charge is 2.32. The Morgan fingerprint density at radius 1 is 1.33 bits per heavy atom. The van der Waals surface area contributed by atoms with E-state index in [1.165, 1.54) is 0 Å². The fourth-order valence-corrected chi connectivity index (χ4v) is 2.63. The normalized spacial score (nSPS) is 14.7. The van der Waals surface area contributed by atoms with E-state index in [2.05, 4.69) is 20.9 Å². The van der Waals surface area contributed by atoms with Crippen molar-refractivity contribution in [1.82, 2.24) is 9.88 Å². The molecule has 1 aliphatic heterocycles. The monoisotopic (exact) mass is 346 g/mol. The maximum atomic E-state index is 12.3. The largest absolute Gasteiger partial charge is 0.485 e. The fraction of sp³-hybridized carbons (Fsp3) is 0.250. The standard InChI is InChI=1S/C16H15BrN2O2/c1-11-3-2-4-12(5-11)16(20)19-9-15(10-19)21-14-6-13(17)7-18-8-14/h2-8,15H,9-10H2,1H3. The highest BCUT2D eigenvalue weighted by molar-refractivity contribution is 9.10. The van der Waals surface area contributed by atoms with Gasteiger partial charge < -0.3 is 9.64 Å². The number of pyridine rings is 1. The minimum atomic E-state index is 0.0369. The van der Waals surface area contributed by atoms with Gasteiger partial charge in [0.1, 0.15) is 11.9 Å². The lowest BCUT2D eigenvalue weighted by Crippen LogP contribution is -2.56. The van der Waals surface area contributed by atoms with Crippen LogP contribution in [-0.2, 0) is 0 Å². The van der Waals surface area contributed by atoms with Crippen LogP contribution < -0.4 is 4.74 Å². The summed E-state index contributed by atoms with van der Waals surface area (Å²) in [6.45, 7) is 3.21. The average molecular weight is 347 g/mol. The van der Waals surface area contributed by atoms with E-state index in [9.17, 15) is 4.79 Å². The predicted molar refractivity (Wildman–Crippen MR) is 83.4 cm³/mol. The van der Waals surface area contributed by atoms with E-state index in [1.54, 1.807) is 17.3 Å². The predicted octanol–water partition coefficient (Wildman–Crippen LogP) is 3.06. The highest BCUT2D eigenvalue weighted by Crippen LogP contribution is 2.22. The number of aryl methyl sites for hydroxylation is 1. The molecule has 2 aromatic rings. The number of hydrogen-bond donors (Lipinski definition) is 0. The van der Waals surface area contributed by atoms with Crippen LogP contribution in [0.2, 0.25) is 0 Å². The molecule has 1 aliphatic rings. The van der Waals surface area contributed by atoms with Gasteiger partial charge in [0.15, 0.2) is 0 Å². The summed E-state index contributed by atoms with van der Waals surface area (Å²) in [7, 11) is 0. The second-order valence-corrected chi connectivity index (χ2v) is 6.07. The number of hydrogen-bond acceptors (Lipinski definition) is 3. The van der Waals surface area contributed by atoms with Crippen LogP contribution in [0, 0.1) is 6.92 Å². The quantitative estimate of drug-likeness (QED) is 0.857. The number of benzene rings is 1. The van der Waals surface area contributed by atoms with Crippen molar-refractivity contribution in [2.45, 2.75) is 13.0 Å². The van der Waals surface area contributed by atoms with E-state index < -0.39 is 0 Å². The average Bonchev–Trinajstić information content (AvgIpc) is 2.42. The van der Waals surface area contributed by atoms with Gasteiger partial charge in [0.25, 0.3) is 5.91 Å². The number of nitrogens with zero attached hydrogens (tertiary/aromatic N) is 2. The third-order valence-electron chi connectivity index (χ3n) is 3.38. The molecule has 0 radical (unpaired) electrons. The van der Waals surface area contributed by atoms with E-state index in [0.717, 1.165) is 21.3 Å². The first-order valence-corrected chi connectivity index (χ1v) is 7.54. The molecule has 0 unspecified atom stereocenters.